The Hall–Kier alpha value is -2.10. The van der Waals surface area contributed by atoms with Crippen LogP contribution in [0.25, 0.3) is 0 Å². The number of anilines is 3. The molecule has 4 nitrogen and oxygen atoms in total. The van der Waals surface area contributed by atoms with E-state index in [0.29, 0.717) is 6.04 Å². The van der Waals surface area contributed by atoms with Crippen molar-refractivity contribution in [2.45, 2.75) is 26.3 Å². The molecule has 3 rings (SSSR count). The molecular weight excluding hydrogens is 236 g/mol. The van der Waals surface area contributed by atoms with Crippen molar-refractivity contribution in [3.63, 3.8) is 0 Å². The molecular formula is C15H18N4. The molecule has 0 saturated carbocycles. The normalized spacial score (nSPS) is 17.4. The van der Waals surface area contributed by atoms with Crippen LogP contribution in [-0.4, -0.2) is 23.1 Å². The molecule has 19 heavy (non-hydrogen) atoms. The van der Waals surface area contributed by atoms with E-state index in [1.54, 1.807) is 0 Å². The molecule has 1 unspecified atom stereocenters. The van der Waals surface area contributed by atoms with Gasteiger partial charge in [0.05, 0.1) is 0 Å². The number of para-hydroxylation sites is 1. The van der Waals surface area contributed by atoms with Gasteiger partial charge in [-0.15, -0.1) is 0 Å². The number of benzene rings is 1. The van der Waals surface area contributed by atoms with E-state index in [1.807, 2.05) is 20.0 Å². The first-order valence-corrected chi connectivity index (χ1v) is 6.59. The molecule has 1 aromatic carbocycles. The molecule has 1 N–H and O–H groups in total. The minimum Gasteiger partial charge on any atom is -0.373 e. The smallest absolute Gasteiger partial charge is 0.232 e. The molecule has 0 bridgehead atoms. The highest BCUT2D eigenvalue weighted by Crippen LogP contribution is 2.36. The summed E-state index contributed by atoms with van der Waals surface area (Å²) in [5.41, 5.74) is 3.57. The molecule has 0 spiro atoms. The van der Waals surface area contributed by atoms with Crippen LogP contribution in [0.3, 0.4) is 0 Å². The third kappa shape index (κ3) is 2.03. The quantitative estimate of drug-likeness (QED) is 0.894. The van der Waals surface area contributed by atoms with Crippen molar-refractivity contribution in [2.24, 2.45) is 0 Å². The van der Waals surface area contributed by atoms with Crippen molar-refractivity contribution < 1.29 is 0 Å². The highest BCUT2D eigenvalue weighted by Gasteiger charge is 2.28. The van der Waals surface area contributed by atoms with Crippen molar-refractivity contribution in [2.75, 3.05) is 17.3 Å². The average molecular weight is 254 g/mol. The van der Waals surface area contributed by atoms with Gasteiger partial charge in [0, 0.05) is 30.5 Å². The minimum absolute atomic E-state index is 0.393. The highest BCUT2D eigenvalue weighted by atomic mass is 15.3. The summed E-state index contributed by atoms with van der Waals surface area (Å²) in [4.78, 5) is 11.4. The second kappa shape index (κ2) is 4.53. The van der Waals surface area contributed by atoms with Crippen LogP contribution in [0, 0.1) is 6.92 Å². The van der Waals surface area contributed by atoms with Gasteiger partial charge in [-0.2, -0.15) is 4.98 Å². The Morgan fingerprint density at radius 3 is 2.84 bits per heavy atom. The Kier molecular flexibility index (Phi) is 2.85. The average Bonchev–Trinajstić information content (AvgIpc) is 2.73. The first kappa shape index (κ1) is 12.0. The Morgan fingerprint density at radius 1 is 1.26 bits per heavy atom. The predicted molar refractivity (Wildman–Crippen MR) is 78.1 cm³/mol. The summed E-state index contributed by atoms with van der Waals surface area (Å²) in [5.74, 6) is 1.64. The molecule has 4 heteroatoms. The van der Waals surface area contributed by atoms with Gasteiger partial charge in [0.25, 0.3) is 0 Å². The van der Waals surface area contributed by atoms with Crippen LogP contribution in [0.15, 0.2) is 30.3 Å². The topological polar surface area (TPSA) is 41.1 Å². The van der Waals surface area contributed by atoms with E-state index in [2.05, 4.69) is 51.4 Å². The van der Waals surface area contributed by atoms with E-state index in [9.17, 15) is 0 Å². The van der Waals surface area contributed by atoms with Crippen molar-refractivity contribution in [3.05, 3.63) is 41.6 Å². The number of hydrogen-bond acceptors (Lipinski definition) is 4. The molecule has 1 aliphatic rings. The lowest BCUT2D eigenvalue weighted by Crippen LogP contribution is -2.26. The number of hydrogen-bond donors (Lipinski definition) is 1. The summed E-state index contributed by atoms with van der Waals surface area (Å²) >= 11 is 0. The van der Waals surface area contributed by atoms with Gasteiger partial charge in [0.2, 0.25) is 5.95 Å². The number of fused-ring (bicyclic) bond motifs is 1. The van der Waals surface area contributed by atoms with Crippen molar-refractivity contribution in [1.29, 1.82) is 0 Å². The SMILES string of the molecule is CNc1cc(C)nc(N2c3ccccc3CC2C)n1. The van der Waals surface area contributed by atoms with Gasteiger partial charge in [-0.05, 0) is 31.9 Å². The fourth-order valence-electron chi connectivity index (χ4n) is 2.66. The van der Waals surface area contributed by atoms with Crippen molar-refractivity contribution in [3.8, 4) is 0 Å². The summed E-state index contributed by atoms with van der Waals surface area (Å²) in [5, 5.41) is 3.09. The summed E-state index contributed by atoms with van der Waals surface area (Å²) in [6.45, 7) is 4.21. The van der Waals surface area contributed by atoms with Gasteiger partial charge in [-0.25, -0.2) is 4.98 Å². The first-order valence-electron chi connectivity index (χ1n) is 6.59. The van der Waals surface area contributed by atoms with Gasteiger partial charge < -0.3 is 10.2 Å². The maximum Gasteiger partial charge on any atom is 0.232 e. The maximum atomic E-state index is 4.59. The van der Waals surface area contributed by atoms with Gasteiger partial charge in [0.15, 0.2) is 0 Å². The van der Waals surface area contributed by atoms with Gasteiger partial charge in [-0.1, -0.05) is 18.2 Å². The zero-order valence-electron chi connectivity index (χ0n) is 11.5. The summed E-state index contributed by atoms with van der Waals surface area (Å²) in [7, 11) is 1.88. The fourth-order valence-corrected chi connectivity index (χ4v) is 2.66. The van der Waals surface area contributed by atoms with Crippen LogP contribution in [-0.2, 0) is 6.42 Å². The molecule has 0 aliphatic carbocycles. The van der Waals surface area contributed by atoms with E-state index < -0.39 is 0 Å². The van der Waals surface area contributed by atoms with E-state index in [4.69, 9.17) is 0 Å². The number of aromatic nitrogens is 2. The van der Waals surface area contributed by atoms with E-state index >= 15 is 0 Å². The largest absolute Gasteiger partial charge is 0.373 e. The number of nitrogens with one attached hydrogen (secondary N) is 1. The predicted octanol–water partition coefficient (Wildman–Crippen LogP) is 2.91. The van der Waals surface area contributed by atoms with Gasteiger partial charge >= 0.3 is 0 Å². The van der Waals surface area contributed by atoms with Gasteiger partial charge in [-0.3, -0.25) is 0 Å². The number of aryl methyl sites for hydroxylation is 1. The van der Waals surface area contributed by atoms with Crippen molar-refractivity contribution in [1.82, 2.24) is 9.97 Å². The van der Waals surface area contributed by atoms with Crippen LogP contribution in [0.4, 0.5) is 17.5 Å². The zero-order chi connectivity index (χ0) is 13.4. The summed E-state index contributed by atoms with van der Waals surface area (Å²) in [6, 6.07) is 10.8. The lowest BCUT2D eigenvalue weighted by atomic mass is 10.1. The Balaban J connectivity index is 2.09. The maximum absolute atomic E-state index is 4.59. The van der Waals surface area contributed by atoms with E-state index in [1.165, 1.54) is 11.3 Å². The van der Waals surface area contributed by atoms with Crippen LogP contribution >= 0.6 is 0 Å². The Morgan fingerprint density at radius 2 is 2.05 bits per heavy atom. The molecule has 1 aromatic heterocycles. The highest BCUT2D eigenvalue weighted by molar-refractivity contribution is 5.67. The van der Waals surface area contributed by atoms with Crippen LogP contribution in [0.2, 0.25) is 0 Å². The molecule has 1 aliphatic heterocycles. The summed E-state index contributed by atoms with van der Waals surface area (Å²) in [6.07, 6.45) is 1.04. The Labute approximate surface area is 113 Å². The van der Waals surface area contributed by atoms with E-state index in [0.717, 1.165) is 23.9 Å². The third-order valence-electron chi connectivity index (χ3n) is 3.52. The number of nitrogens with zero attached hydrogens (tertiary/aromatic N) is 3. The third-order valence-corrected chi connectivity index (χ3v) is 3.52. The molecule has 2 heterocycles. The lowest BCUT2D eigenvalue weighted by Gasteiger charge is -2.23. The minimum atomic E-state index is 0.393. The molecule has 0 amide bonds. The standard InChI is InChI=1S/C15H18N4/c1-10-8-14(16-3)18-15(17-10)19-11(2)9-12-6-4-5-7-13(12)19/h4-8,11H,9H2,1-3H3,(H,16,17,18). The lowest BCUT2D eigenvalue weighted by molar-refractivity contribution is 0.738. The van der Waals surface area contributed by atoms with E-state index in [-0.39, 0.29) is 0 Å². The molecule has 1 atom stereocenters. The van der Waals surface area contributed by atoms with Crippen LogP contribution < -0.4 is 10.2 Å². The van der Waals surface area contributed by atoms with Crippen molar-refractivity contribution >= 4 is 17.5 Å². The van der Waals surface area contributed by atoms with Crippen LogP contribution in [0.5, 0.6) is 0 Å². The molecule has 2 aromatic rings. The summed E-state index contributed by atoms with van der Waals surface area (Å²) < 4.78 is 0. The second-order valence-corrected chi connectivity index (χ2v) is 5.00. The fraction of sp³-hybridized carbons (Fsp3) is 0.333. The second-order valence-electron chi connectivity index (χ2n) is 5.00. The number of rotatable bonds is 2. The molecule has 0 fully saturated rings. The van der Waals surface area contributed by atoms with Gasteiger partial charge in [0.1, 0.15) is 5.82 Å². The van der Waals surface area contributed by atoms with Crippen LogP contribution in [0.1, 0.15) is 18.2 Å². The monoisotopic (exact) mass is 254 g/mol. The molecule has 0 saturated heterocycles. The zero-order valence-corrected chi connectivity index (χ0v) is 11.5. The molecule has 98 valence electrons. The molecule has 0 radical (unpaired) electrons. The first-order chi connectivity index (χ1) is 9.19. The Bertz CT molecular complexity index is 609.